The minimum atomic E-state index is -3.37. The third-order valence-electron chi connectivity index (χ3n) is 3.00. The number of hydrogen-bond donors (Lipinski definition) is 2. The van der Waals surface area contributed by atoms with Crippen molar-refractivity contribution in [3.63, 3.8) is 0 Å². The SMILES string of the molecule is C=CCCCNS(=O)(=O)c1ccc2c(c1)CNC2. The Bertz CT molecular complexity index is 538. The molecule has 4 nitrogen and oxygen atoms in total. The maximum absolute atomic E-state index is 12.0. The first-order valence-electron chi connectivity index (χ1n) is 6.06. The first-order valence-corrected chi connectivity index (χ1v) is 7.55. The molecule has 0 saturated carbocycles. The van der Waals surface area contributed by atoms with E-state index in [2.05, 4.69) is 16.6 Å². The molecule has 0 aromatic heterocycles. The Morgan fingerprint density at radius 3 is 2.89 bits per heavy atom. The van der Waals surface area contributed by atoms with Crippen molar-refractivity contribution < 1.29 is 8.42 Å². The van der Waals surface area contributed by atoms with Crippen LogP contribution in [0.3, 0.4) is 0 Å². The Labute approximate surface area is 108 Å². The minimum Gasteiger partial charge on any atom is -0.309 e. The summed E-state index contributed by atoms with van der Waals surface area (Å²) in [6, 6.07) is 5.31. The second kappa shape index (κ2) is 5.65. The molecule has 0 radical (unpaired) electrons. The molecule has 0 unspecified atom stereocenters. The zero-order chi connectivity index (χ0) is 13.0. The molecular weight excluding hydrogens is 248 g/mol. The molecule has 0 spiro atoms. The number of allylic oxidation sites excluding steroid dienone is 1. The topological polar surface area (TPSA) is 58.2 Å². The van der Waals surface area contributed by atoms with Crippen LogP contribution in [0.25, 0.3) is 0 Å². The zero-order valence-electron chi connectivity index (χ0n) is 10.3. The van der Waals surface area contributed by atoms with Crippen LogP contribution in [-0.2, 0) is 23.1 Å². The van der Waals surface area contributed by atoms with Gasteiger partial charge in [0.1, 0.15) is 0 Å². The van der Waals surface area contributed by atoms with Crippen molar-refractivity contribution in [2.45, 2.75) is 30.8 Å². The summed E-state index contributed by atoms with van der Waals surface area (Å²) in [5.41, 5.74) is 2.25. The van der Waals surface area contributed by atoms with Crippen LogP contribution in [0.2, 0.25) is 0 Å². The molecule has 0 fully saturated rings. The second-order valence-electron chi connectivity index (χ2n) is 4.36. The highest BCUT2D eigenvalue weighted by Crippen LogP contribution is 2.19. The van der Waals surface area contributed by atoms with Crippen LogP contribution in [0.5, 0.6) is 0 Å². The Hall–Kier alpha value is -1.17. The fourth-order valence-corrected chi connectivity index (χ4v) is 3.10. The number of benzene rings is 1. The largest absolute Gasteiger partial charge is 0.309 e. The van der Waals surface area contributed by atoms with Gasteiger partial charge in [-0.1, -0.05) is 12.1 Å². The van der Waals surface area contributed by atoms with E-state index in [4.69, 9.17) is 0 Å². The van der Waals surface area contributed by atoms with E-state index in [9.17, 15) is 8.42 Å². The van der Waals surface area contributed by atoms with Crippen LogP contribution in [0.4, 0.5) is 0 Å². The van der Waals surface area contributed by atoms with Crippen molar-refractivity contribution in [1.82, 2.24) is 10.0 Å². The molecule has 0 saturated heterocycles. The fourth-order valence-electron chi connectivity index (χ4n) is 1.97. The second-order valence-corrected chi connectivity index (χ2v) is 6.13. The van der Waals surface area contributed by atoms with E-state index >= 15 is 0 Å². The third kappa shape index (κ3) is 2.98. The average molecular weight is 266 g/mol. The van der Waals surface area contributed by atoms with E-state index in [-0.39, 0.29) is 0 Å². The lowest BCUT2D eigenvalue weighted by molar-refractivity contribution is 0.579. The van der Waals surface area contributed by atoms with Crippen LogP contribution in [0.15, 0.2) is 35.7 Å². The van der Waals surface area contributed by atoms with Gasteiger partial charge in [0.05, 0.1) is 4.90 Å². The van der Waals surface area contributed by atoms with E-state index in [1.54, 1.807) is 18.2 Å². The number of hydrogen-bond acceptors (Lipinski definition) is 3. The molecular formula is C13H18N2O2S. The van der Waals surface area contributed by atoms with Gasteiger partial charge in [-0.15, -0.1) is 6.58 Å². The molecule has 1 aliphatic rings. The highest BCUT2D eigenvalue weighted by molar-refractivity contribution is 7.89. The first-order chi connectivity index (χ1) is 8.63. The van der Waals surface area contributed by atoms with Gasteiger partial charge < -0.3 is 5.32 Å². The van der Waals surface area contributed by atoms with E-state index in [0.717, 1.165) is 31.5 Å². The lowest BCUT2D eigenvalue weighted by Gasteiger charge is -2.07. The van der Waals surface area contributed by atoms with Crippen molar-refractivity contribution in [2.24, 2.45) is 0 Å². The monoisotopic (exact) mass is 266 g/mol. The Balaban J connectivity index is 2.07. The van der Waals surface area contributed by atoms with Crippen LogP contribution in [0, 0.1) is 0 Å². The summed E-state index contributed by atoms with van der Waals surface area (Å²) in [6.45, 7) is 5.62. The number of nitrogens with one attached hydrogen (secondary N) is 2. The van der Waals surface area contributed by atoms with Crippen LogP contribution < -0.4 is 10.0 Å². The van der Waals surface area contributed by atoms with Gasteiger partial charge >= 0.3 is 0 Å². The molecule has 18 heavy (non-hydrogen) atoms. The van der Waals surface area contributed by atoms with Gasteiger partial charge in [-0.05, 0) is 36.1 Å². The Morgan fingerprint density at radius 2 is 2.11 bits per heavy atom. The third-order valence-corrected chi connectivity index (χ3v) is 4.45. The van der Waals surface area contributed by atoms with Gasteiger partial charge in [-0.2, -0.15) is 0 Å². The molecule has 1 aromatic rings. The van der Waals surface area contributed by atoms with E-state index < -0.39 is 10.0 Å². The highest BCUT2D eigenvalue weighted by Gasteiger charge is 2.17. The molecule has 0 bridgehead atoms. The number of sulfonamides is 1. The molecule has 5 heteroatoms. The molecule has 1 aliphatic heterocycles. The fraction of sp³-hybridized carbons (Fsp3) is 0.385. The molecule has 98 valence electrons. The van der Waals surface area contributed by atoms with Gasteiger partial charge in [0, 0.05) is 19.6 Å². The first kappa shape index (κ1) is 13.3. The minimum absolute atomic E-state index is 0.351. The van der Waals surface area contributed by atoms with Crippen molar-refractivity contribution in [3.8, 4) is 0 Å². The van der Waals surface area contributed by atoms with Gasteiger partial charge in [0.25, 0.3) is 0 Å². The molecule has 1 aromatic carbocycles. The van der Waals surface area contributed by atoms with E-state index in [1.807, 2.05) is 6.07 Å². The summed E-state index contributed by atoms with van der Waals surface area (Å²) < 4.78 is 26.7. The lowest BCUT2D eigenvalue weighted by atomic mass is 10.1. The Kier molecular flexibility index (Phi) is 4.16. The van der Waals surface area contributed by atoms with Crippen molar-refractivity contribution in [2.75, 3.05) is 6.54 Å². The van der Waals surface area contributed by atoms with E-state index in [1.165, 1.54) is 5.56 Å². The molecule has 2 rings (SSSR count). The summed E-state index contributed by atoms with van der Waals surface area (Å²) in [6.07, 6.45) is 3.38. The summed E-state index contributed by atoms with van der Waals surface area (Å²) >= 11 is 0. The van der Waals surface area contributed by atoms with Gasteiger partial charge in [-0.3, -0.25) is 0 Å². The average Bonchev–Trinajstić information content (AvgIpc) is 2.82. The van der Waals surface area contributed by atoms with Crippen molar-refractivity contribution in [1.29, 1.82) is 0 Å². The van der Waals surface area contributed by atoms with E-state index in [0.29, 0.717) is 11.4 Å². The standard InChI is InChI=1S/C13H18N2O2S/c1-2-3-4-7-15-18(16,17)13-6-5-11-9-14-10-12(11)8-13/h2,5-6,8,14-15H,1,3-4,7,9-10H2. The summed E-state index contributed by atoms with van der Waals surface area (Å²) in [5, 5.41) is 3.20. The van der Waals surface area contributed by atoms with Crippen LogP contribution in [-0.4, -0.2) is 15.0 Å². The van der Waals surface area contributed by atoms with Gasteiger partial charge in [0.2, 0.25) is 10.0 Å². The number of fused-ring (bicyclic) bond motifs is 1. The zero-order valence-corrected chi connectivity index (χ0v) is 11.1. The number of unbranched alkanes of at least 4 members (excludes halogenated alkanes) is 1. The molecule has 2 N–H and O–H groups in total. The normalized spacial score (nSPS) is 14.4. The summed E-state index contributed by atoms with van der Waals surface area (Å²) in [5.74, 6) is 0. The van der Waals surface area contributed by atoms with Gasteiger partial charge in [-0.25, -0.2) is 13.1 Å². The number of rotatable bonds is 6. The molecule has 0 amide bonds. The predicted molar refractivity (Wildman–Crippen MR) is 71.6 cm³/mol. The predicted octanol–water partition coefficient (Wildman–Crippen LogP) is 1.53. The van der Waals surface area contributed by atoms with Gasteiger partial charge in [0.15, 0.2) is 0 Å². The molecule has 0 aliphatic carbocycles. The van der Waals surface area contributed by atoms with Crippen LogP contribution in [0.1, 0.15) is 24.0 Å². The molecule has 1 heterocycles. The maximum atomic E-state index is 12.0. The quantitative estimate of drug-likeness (QED) is 0.606. The smallest absolute Gasteiger partial charge is 0.240 e. The maximum Gasteiger partial charge on any atom is 0.240 e. The highest BCUT2D eigenvalue weighted by atomic mass is 32.2. The lowest BCUT2D eigenvalue weighted by Crippen LogP contribution is -2.24. The van der Waals surface area contributed by atoms with Crippen molar-refractivity contribution >= 4 is 10.0 Å². The summed E-state index contributed by atoms with van der Waals surface area (Å²) in [4.78, 5) is 0.351. The van der Waals surface area contributed by atoms with Crippen molar-refractivity contribution in [3.05, 3.63) is 42.0 Å². The Morgan fingerprint density at radius 1 is 1.33 bits per heavy atom. The molecule has 0 atom stereocenters. The van der Waals surface area contributed by atoms with Crippen LogP contribution >= 0.6 is 0 Å². The summed E-state index contributed by atoms with van der Waals surface area (Å²) in [7, 11) is -3.37.